The number of hydrogen-bond acceptors (Lipinski definition) is 4. The molecule has 0 aromatic rings. The summed E-state index contributed by atoms with van der Waals surface area (Å²) in [4.78, 5) is 16.0. The number of likely N-dealkylation sites (N-methyl/N-ethyl adjacent to an activating group) is 2. The Hall–Kier alpha value is -1.59. The number of hydrogen-bond donors (Lipinski definition) is 0. The Morgan fingerprint density at radius 1 is 1.16 bits per heavy atom. The molecule has 0 saturated carbocycles. The maximum absolute atomic E-state index is 11.7. The first-order valence-electron chi connectivity index (χ1n) is 6.44. The van der Waals surface area contributed by atoms with E-state index in [-0.39, 0.29) is 11.8 Å². The number of rotatable bonds is 5. The van der Waals surface area contributed by atoms with Crippen LogP contribution in [0, 0.1) is 5.92 Å². The van der Waals surface area contributed by atoms with Gasteiger partial charge in [0.2, 0.25) is 0 Å². The van der Waals surface area contributed by atoms with Gasteiger partial charge in [-0.15, -0.1) is 5.11 Å². The summed E-state index contributed by atoms with van der Waals surface area (Å²) in [5, 5.41) is 7.83. The zero-order valence-electron chi connectivity index (χ0n) is 11.7. The second-order valence-corrected chi connectivity index (χ2v) is 5.20. The minimum atomic E-state index is -0.236. The fraction of sp³-hybridized carbons (Fsp3) is 0.500. The lowest BCUT2D eigenvalue weighted by Crippen LogP contribution is -2.31. The van der Waals surface area contributed by atoms with Crippen LogP contribution in [0.25, 0.3) is 0 Å². The van der Waals surface area contributed by atoms with Crippen LogP contribution in [0.15, 0.2) is 45.8 Å². The molecule has 1 amide bonds. The largest absolute Gasteiger partial charge is 0.308 e. The monoisotopic (exact) mass is 260 g/mol. The molecule has 2 aliphatic rings. The number of carbonyl (C=O) groups excluding carboxylic acids is 1. The fourth-order valence-electron chi connectivity index (χ4n) is 2.09. The molecule has 19 heavy (non-hydrogen) atoms. The lowest BCUT2D eigenvalue weighted by Gasteiger charge is -2.24. The molecule has 0 aromatic carbocycles. The third-order valence-corrected chi connectivity index (χ3v) is 3.24. The Morgan fingerprint density at radius 2 is 1.95 bits per heavy atom. The number of amides is 1. The maximum atomic E-state index is 11.7. The zero-order valence-corrected chi connectivity index (χ0v) is 11.7. The van der Waals surface area contributed by atoms with Crippen LogP contribution in [0.4, 0.5) is 0 Å². The van der Waals surface area contributed by atoms with Gasteiger partial charge in [0.05, 0.1) is 11.6 Å². The van der Waals surface area contributed by atoms with E-state index < -0.39 is 0 Å². The summed E-state index contributed by atoms with van der Waals surface area (Å²) < 4.78 is 0. The summed E-state index contributed by atoms with van der Waals surface area (Å²) in [7, 11) is 6.17. The minimum absolute atomic E-state index is 0.171. The molecule has 5 heteroatoms. The molecule has 1 unspecified atom stereocenters. The topological polar surface area (TPSA) is 48.3 Å². The van der Waals surface area contributed by atoms with Crippen LogP contribution < -0.4 is 0 Å². The molecule has 1 aliphatic carbocycles. The van der Waals surface area contributed by atoms with E-state index in [9.17, 15) is 4.79 Å². The number of azo groups is 1. The van der Waals surface area contributed by atoms with Gasteiger partial charge in [-0.25, -0.2) is 0 Å². The summed E-state index contributed by atoms with van der Waals surface area (Å²) in [6, 6.07) is 0. The predicted octanol–water partition coefficient (Wildman–Crippen LogP) is 1.47. The lowest BCUT2D eigenvalue weighted by molar-refractivity contribution is -0.120. The molecule has 0 saturated heterocycles. The van der Waals surface area contributed by atoms with E-state index in [1.54, 1.807) is 0 Å². The summed E-state index contributed by atoms with van der Waals surface area (Å²) in [5.74, 6) is -0.407. The van der Waals surface area contributed by atoms with Crippen LogP contribution in [-0.2, 0) is 4.79 Å². The average Bonchev–Trinajstić information content (AvgIpc) is 2.40. The quantitative estimate of drug-likeness (QED) is 0.752. The van der Waals surface area contributed by atoms with Gasteiger partial charge in [-0.3, -0.25) is 9.69 Å². The van der Waals surface area contributed by atoms with Crippen molar-refractivity contribution in [1.82, 2.24) is 9.80 Å². The number of allylic oxidation sites excluding steroid dienone is 3. The highest BCUT2D eigenvalue weighted by molar-refractivity contribution is 5.86. The second-order valence-electron chi connectivity index (χ2n) is 5.20. The van der Waals surface area contributed by atoms with Crippen LogP contribution >= 0.6 is 0 Å². The number of fused-ring (bicyclic) bond motifs is 1. The summed E-state index contributed by atoms with van der Waals surface area (Å²) in [5.41, 5.74) is 1.88. The van der Waals surface area contributed by atoms with Crippen LogP contribution in [0.1, 0.15) is 0 Å². The van der Waals surface area contributed by atoms with E-state index >= 15 is 0 Å². The van der Waals surface area contributed by atoms with Crippen molar-refractivity contribution in [2.24, 2.45) is 16.1 Å². The van der Waals surface area contributed by atoms with Crippen LogP contribution in [0.2, 0.25) is 0 Å². The SMILES string of the molecule is CN(C)CCN(C)CC1=C2C=CC=CC2C(=O)N=N1. The molecule has 5 nitrogen and oxygen atoms in total. The molecule has 0 aromatic heterocycles. The Labute approximate surface area is 114 Å². The third kappa shape index (κ3) is 3.45. The molecular formula is C14H20N4O. The first-order chi connectivity index (χ1) is 9.08. The second kappa shape index (κ2) is 6.04. The number of nitrogens with zero attached hydrogens (tertiary/aromatic N) is 4. The van der Waals surface area contributed by atoms with Gasteiger partial charge >= 0.3 is 0 Å². The van der Waals surface area contributed by atoms with E-state index in [1.807, 2.05) is 24.3 Å². The smallest absolute Gasteiger partial charge is 0.275 e. The van der Waals surface area contributed by atoms with Crippen molar-refractivity contribution in [3.05, 3.63) is 35.6 Å². The first-order valence-corrected chi connectivity index (χ1v) is 6.44. The molecule has 0 N–H and O–H groups in total. The Balaban J connectivity index is 2.06. The van der Waals surface area contributed by atoms with Gasteiger partial charge in [-0.05, 0) is 26.7 Å². The molecule has 102 valence electrons. The zero-order chi connectivity index (χ0) is 13.8. The van der Waals surface area contributed by atoms with Crippen molar-refractivity contribution < 1.29 is 4.79 Å². The minimum Gasteiger partial charge on any atom is -0.308 e. The van der Waals surface area contributed by atoms with Crippen molar-refractivity contribution >= 4 is 5.91 Å². The van der Waals surface area contributed by atoms with Crippen LogP contribution in [0.5, 0.6) is 0 Å². The van der Waals surface area contributed by atoms with Gasteiger partial charge < -0.3 is 4.90 Å². The van der Waals surface area contributed by atoms with Crippen LogP contribution in [0.3, 0.4) is 0 Å². The van der Waals surface area contributed by atoms with E-state index in [1.165, 1.54) is 0 Å². The van der Waals surface area contributed by atoms with Gasteiger partial charge in [-0.2, -0.15) is 5.11 Å². The molecular weight excluding hydrogens is 240 g/mol. The molecule has 0 radical (unpaired) electrons. The fourth-order valence-corrected chi connectivity index (χ4v) is 2.09. The lowest BCUT2D eigenvalue weighted by atomic mass is 9.91. The van der Waals surface area contributed by atoms with Crippen LogP contribution in [-0.4, -0.2) is 56.5 Å². The van der Waals surface area contributed by atoms with Crippen molar-refractivity contribution in [2.75, 3.05) is 40.8 Å². The van der Waals surface area contributed by atoms with Crippen molar-refractivity contribution in [1.29, 1.82) is 0 Å². The van der Waals surface area contributed by atoms with Crippen molar-refractivity contribution in [3.8, 4) is 0 Å². The number of carbonyl (C=O) groups is 1. The van der Waals surface area contributed by atoms with Gasteiger partial charge in [0.15, 0.2) is 0 Å². The highest BCUT2D eigenvalue weighted by Crippen LogP contribution is 2.28. The molecule has 1 aliphatic heterocycles. The first kappa shape index (κ1) is 13.8. The van der Waals surface area contributed by atoms with E-state index in [0.29, 0.717) is 6.54 Å². The average molecular weight is 260 g/mol. The highest BCUT2D eigenvalue weighted by atomic mass is 16.2. The molecule has 0 fully saturated rings. The predicted molar refractivity (Wildman–Crippen MR) is 74.7 cm³/mol. The Kier molecular flexibility index (Phi) is 4.39. The maximum Gasteiger partial charge on any atom is 0.275 e. The normalized spacial score (nSPS) is 21.7. The Morgan fingerprint density at radius 3 is 2.68 bits per heavy atom. The van der Waals surface area contributed by atoms with Crippen molar-refractivity contribution in [2.45, 2.75) is 0 Å². The van der Waals surface area contributed by atoms with Gasteiger partial charge in [-0.1, -0.05) is 24.3 Å². The molecule has 2 rings (SSSR count). The van der Waals surface area contributed by atoms with Gasteiger partial charge in [0.25, 0.3) is 5.91 Å². The highest BCUT2D eigenvalue weighted by Gasteiger charge is 2.27. The molecule has 0 bridgehead atoms. The van der Waals surface area contributed by atoms with E-state index in [2.05, 4.69) is 41.2 Å². The molecule has 1 heterocycles. The molecule has 0 spiro atoms. The van der Waals surface area contributed by atoms with Crippen molar-refractivity contribution in [3.63, 3.8) is 0 Å². The van der Waals surface area contributed by atoms with E-state index in [4.69, 9.17) is 0 Å². The standard InChI is InChI=1S/C14H20N4O/c1-17(2)8-9-18(3)10-13-11-6-4-5-7-12(11)14(19)16-15-13/h4-7,12H,8-10H2,1-3H3. The molecule has 1 atom stereocenters. The van der Waals surface area contributed by atoms with Gasteiger partial charge in [0.1, 0.15) is 0 Å². The van der Waals surface area contributed by atoms with E-state index in [0.717, 1.165) is 24.4 Å². The Bertz CT molecular complexity index is 474. The third-order valence-electron chi connectivity index (χ3n) is 3.24. The summed E-state index contributed by atoms with van der Waals surface area (Å²) in [6.45, 7) is 2.67. The van der Waals surface area contributed by atoms with Gasteiger partial charge in [0, 0.05) is 19.6 Å². The summed E-state index contributed by atoms with van der Waals surface area (Å²) >= 11 is 0. The summed E-state index contributed by atoms with van der Waals surface area (Å²) in [6.07, 6.45) is 7.69.